The summed E-state index contributed by atoms with van der Waals surface area (Å²) in [5.74, 6) is 1.97. The van der Waals surface area contributed by atoms with Crippen molar-refractivity contribution in [2.24, 2.45) is 0 Å². The molecule has 1 saturated carbocycles. The molecule has 0 unspecified atom stereocenters. The summed E-state index contributed by atoms with van der Waals surface area (Å²) >= 11 is 0. The molecule has 1 aliphatic heterocycles. The zero-order valence-electron chi connectivity index (χ0n) is 21.3. The molecule has 4 bridgehead atoms. The molecule has 4 aromatic rings. The Morgan fingerprint density at radius 1 is 1.18 bits per heavy atom. The number of imidazole rings is 1. The number of methoxy groups -OCH3 is 2. The number of nitrogens with zero attached hydrogens (tertiary/aromatic N) is 6. The smallest absolute Gasteiger partial charge is 0.328 e. The minimum atomic E-state index is -0.295. The molecule has 2 aliphatic rings. The highest BCUT2D eigenvalue weighted by molar-refractivity contribution is 5.95. The zero-order valence-corrected chi connectivity index (χ0v) is 21.3. The van der Waals surface area contributed by atoms with Crippen LogP contribution in [0.2, 0.25) is 0 Å². The van der Waals surface area contributed by atoms with Gasteiger partial charge in [-0.1, -0.05) is 0 Å². The van der Waals surface area contributed by atoms with E-state index in [0.29, 0.717) is 53.0 Å². The minimum absolute atomic E-state index is 0.0835. The van der Waals surface area contributed by atoms with Crippen molar-refractivity contribution in [1.82, 2.24) is 30.0 Å². The van der Waals surface area contributed by atoms with Crippen LogP contribution < -0.4 is 25.0 Å². The molecule has 196 valence electrons. The molecule has 4 heterocycles. The first-order valence-corrected chi connectivity index (χ1v) is 12.3. The van der Waals surface area contributed by atoms with E-state index in [1.165, 1.54) is 10.9 Å². The van der Waals surface area contributed by atoms with Gasteiger partial charge >= 0.3 is 6.03 Å². The quantitative estimate of drug-likeness (QED) is 0.408. The Hall–Kier alpha value is -4.45. The number of nitrogens with one attached hydrogen (secondary N) is 2. The molecule has 6 rings (SSSR count). The molecule has 2 N–H and O–H groups in total. The summed E-state index contributed by atoms with van der Waals surface area (Å²) in [5, 5.41) is 14.7. The number of hydrogen-bond acceptors (Lipinski definition) is 10. The maximum atomic E-state index is 13.3. The van der Waals surface area contributed by atoms with Gasteiger partial charge in [0.2, 0.25) is 0 Å². The lowest BCUT2D eigenvalue weighted by Crippen LogP contribution is -2.52. The van der Waals surface area contributed by atoms with Gasteiger partial charge in [-0.3, -0.25) is 0 Å². The molecule has 2 atom stereocenters. The second-order valence-corrected chi connectivity index (χ2v) is 9.39. The maximum absolute atomic E-state index is 13.3. The van der Waals surface area contributed by atoms with Crippen LogP contribution in [-0.2, 0) is 17.9 Å². The molecule has 12 nitrogen and oxygen atoms in total. The lowest BCUT2D eigenvalue weighted by atomic mass is 9.89. The van der Waals surface area contributed by atoms with Crippen molar-refractivity contribution in [3.05, 3.63) is 54.1 Å². The molecule has 1 fully saturated rings. The van der Waals surface area contributed by atoms with Crippen molar-refractivity contribution in [1.29, 1.82) is 0 Å². The fraction of sp³-hybridized carbons (Fsp3) is 0.346. The number of amides is 1. The summed E-state index contributed by atoms with van der Waals surface area (Å²) in [6.45, 7) is 0.826. The number of carbonyl (C=O) groups excluding carboxylic acids is 1. The Morgan fingerprint density at radius 3 is 2.87 bits per heavy atom. The Bertz CT molecular complexity index is 1510. The summed E-state index contributed by atoms with van der Waals surface area (Å²) in [7, 11) is 5.22. The first kappa shape index (κ1) is 23.9. The second kappa shape index (κ2) is 9.78. The number of aromatic nitrogens is 5. The molecule has 0 spiro atoms. The van der Waals surface area contributed by atoms with E-state index in [0.717, 1.165) is 24.1 Å². The van der Waals surface area contributed by atoms with Crippen LogP contribution in [0.5, 0.6) is 11.5 Å². The van der Waals surface area contributed by atoms with Gasteiger partial charge in [0.05, 0.1) is 56.2 Å². The minimum Gasteiger partial charge on any atom is -0.497 e. The van der Waals surface area contributed by atoms with Gasteiger partial charge in [-0.2, -0.15) is 10.2 Å². The molecular weight excluding hydrogens is 488 g/mol. The van der Waals surface area contributed by atoms with Crippen LogP contribution in [0.4, 0.5) is 22.0 Å². The van der Waals surface area contributed by atoms with Crippen LogP contribution in [0.3, 0.4) is 0 Å². The molecule has 38 heavy (non-hydrogen) atoms. The van der Waals surface area contributed by atoms with E-state index in [1.807, 2.05) is 42.3 Å². The topological polar surface area (TPSA) is 129 Å². The number of pyridine rings is 1. The largest absolute Gasteiger partial charge is 0.497 e. The highest BCUT2D eigenvalue weighted by Crippen LogP contribution is 2.32. The summed E-state index contributed by atoms with van der Waals surface area (Å²) in [5.41, 5.74) is 4.21. The third-order valence-electron chi connectivity index (χ3n) is 6.96. The number of rotatable bonds is 5. The number of ether oxygens (including phenoxy) is 3. The normalized spacial score (nSPS) is 18.6. The Morgan fingerprint density at radius 2 is 2.08 bits per heavy atom. The first-order chi connectivity index (χ1) is 18.5. The highest BCUT2D eigenvalue weighted by Gasteiger charge is 2.34. The van der Waals surface area contributed by atoms with Crippen molar-refractivity contribution < 1.29 is 19.0 Å². The van der Waals surface area contributed by atoms with Gasteiger partial charge in [-0.15, -0.1) is 0 Å². The van der Waals surface area contributed by atoms with Crippen molar-refractivity contribution in [3.8, 4) is 11.5 Å². The van der Waals surface area contributed by atoms with Crippen molar-refractivity contribution >= 4 is 34.4 Å². The fourth-order valence-corrected chi connectivity index (χ4v) is 4.75. The highest BCUT2D eigenvalue weighted by atomic mass is 16.5. The zero-order chi connectivity index (χ0) is 26.2. The average molecular weight is 517 g/mol. The standard InChI is InChI=1S/C26H28N8O4/c1-33(12-15-4-5-18(36-2)9-22(15)37-3)20-10-23-29-16-8-17(32-28-11-16)13-38-21-7-6-19(21)30-26(35)34-14-27-24(20)25(34)31-23/h4-5,8-11,14,19,21H,6-7,12-13H2,1-3H3,(H,29,31)(H,30,35)/t19-,21-/m1/s1. The third kappa shape index (κ3) is 4.43. The van der Waals surface area contributed by atoms with Crippen LogP contribution in [0.15, 0.2) is 42.9 Å². The van der Waals surface area contributed by atoms with Gasteiger partial charge in [0.15, 0.2) is 5.65 Å². The molecule has 3 aromatic heterocycles. The van der Waals surface area contributed by atoms with Crippen LogP contribution in [0.1, 0.15) is 24.1 Å². The second-order valence-electron chi connectivity index (χ2n) is 9.39. The lowest BCUT2D eigenvalue weighted by Gasteiger charge is -2.36. The monoisotopic (exact) mass is 516 g/mol. The van der Waals surface area contributed by atoms with Gasteiger partial charge < -0.3 is 29.7 Å². The number of anilines is 3. The Kier molecular flexibility index (Phi) is 6.16. The molecule has 12 heteroatoms. The lowest BCUT2D eigenvalue weighted by molar-refractivity contribution is -0.0337. The van der Waals surface area contributed by atoms with E-state index < -0.39 is 0 Å². The van der Waals surface area contributed by atoms with Gasteiger partial charge in [0.25, 0.3) is 0 Å². The van der Waals surface area contributed by atoms with Crippen LogP contribution >= 0.6 is 0 Å². The summed E-state index contributed by atoms with van der Waals surface area (Å²) in [6.07, 6.45) is 4.76. The van der Waals surface area contributed by atoms with E-state index in [-0.39, 0.29) is 18.2 Å². The summed E-state index contributed by atoms with van der Waals surface area (Å²) in [4.78, 5) is 24.7. The van der Waals surface area contributed by atoms with E-state index in [2.05, 4.69) is 25.8 Å². The first-order valence-electron chi connectivity index (χ1n) is 12.3. The van der Waals surface area contributed by atoms with Gasteiger partial charge in [-0.05, 0) is 31.0 Å². The van der Waals surface area contributed by atoms with E-state index in [9.17, 15) is 4.79 Å². The Balaban J connectivity index is 1.42. The number of carbonyl (C=O) groups is 1. The fourth-order valence-electron chi connectivity index (χ4n) is 4.75. The maximum Gasteiger partial charge on any atom is 0.328 e. The van der Waals surface area contributed by atoms with Crippen LogP contribution in [-0.4, -0.2) is 64.2 Å². The van der Waals surface area contributed by atoms with Gasteiger partial charge in [-0.25, -0.2) is 19.3 Å². The van der Waals surface area contributed by atoms with Gasteiger partial charge in [0.1, 0.15) is 29.2 Å². The van der Waals surface area contributed by atoms with Crippen molar-refractivity contribution in [3.63, 3.8) is 0 Å². The summed E-state index contributed by atoms with van der Waals surface area (Å²) < 4.78 is 18.4. The predicted octanol–water partition coefficient (Wildman–Crippen LogP) is 3.24. The molecule has 0 radical (unpaired) electrons. The molecular formula is C26H28N8O4. The number of fused-ring (bicyclic) bond motifs is 4. The SMILES string of the molecule is COc1ccc(CN(C)c2cc3nc4c2ncn4C(=O)N[C@@H]2CC[C@H]2OCc2cc(cnn2)N3)c(OC)c1. The van der Waals surface area contributed by atoms with E-state index in [4.69, 9.17) is 19.2 Å². The molecule has 1 aromatic carbocycles. The average Bonchev–Trinajstić information content (AvgIpc) is 3.34. The van der Waals surface area contributed by atoms with Crippen LogP contribution in [0.25, 0.3) is 11.2 Å². The molecule has 1 aliphatic carbocycles. The molecule has 1 amide bonds. The van der Waals surface area contributed by atoms with E-state index in [1.54, 1.807) is 20.4 Å². The van der Waals surface area contributed by atoms with E-state index >= 15 is 0 Å². The Labute approximate surface area is 218 Å². The van der Waals surface area contributed by atoms with Crippen molar-refractivity contribution in [2.75, 3.05) is 31.5 Å². The third-order valence-corrected chi connectivity index (χ3v) is 6.96. The predicted molar refractivity (Wildman–Crippen MR) is 140 cm³/mol. The van der Waals surface area contributed by atoms with Crippen molar-refractivity contribution in [2.45, 2.75) is 38.1 Å². The summed E-state index contributed by atoms with van der Waals surface area (Å²) in [6, 6.07) is 9.12. The number of hydrogen-bond donors (Lipinski definition) is 2. The van der Waals surface area contributed by atoms with Crippen LogP contribution in [0, 0.1) is 0 Å². The van der Waals surface area contributed by atoms with Gasteiger partial charge in [0, 0.05) is 31.3 Å². The number of benzene rings is 1. The molecule has 0 saturated heterocycles.